The van der Waals surface area contributed by atoms with Crippen LogP contribution < -0.4 is 0 Å². The van der Waals surface area contributed by atoms with Gasteiger partial charge in [-0.1, -0.05) is 51.2 Å². The molecular formula is C10H22Cl2Si2. The average molecular weight is 269 g/mol. The smallest absolute Gasteiger partial charge is 0.146 e. The lowest BCUT2D eigenvalue weighted by molar-refractivity contribution is 0.900. The van der Waals surface area contributed by atoms with E-state index in [1.54, 1.807) is 0 Å². The minimum absolute atomic E-state index is 1.02. The maximum Gasteiger partial charge on any atom is 0.248 e. The fourth-order valence-corrected chi connectivity index (χ4v) is 21.0. The third kappa shape index (κ3) is 3.55. The molecule has 1 rings (SSSR count). The molecule has 0 unspecified atom stereocenters. The van der Waals surface area contributed by atoms with Gasteiger partial charge in [0, 0.05) is 0 Å². The quantitative estimate of drug-likeness (QED) is 0.491. The van der Waals surface area contributed by atoms with Crippen molar-refractivity contribution in [1.29, 1.82) is 0 Å². The number of halogens is 2. The van der Waals surface area contributed by atoms with Crippen molar-refractivity contribution in [2.24, 2.45) is 0 Å². The Kier molecular flexibility index (Phi) is 5.02. The first-order valence-electron chi connectivity index (χ1n) is 5.91. The molecule has 1 fully saturated rings. The summed E-state index contributed by atoms with van der Waals surface area (Å²) in [5, 5.41) is 0. The standard InChI is InChI=1S/C10H22Cl2Si2/c1-3-6-13(7-4-2)8-5-9-14(11,12)10-13/h3-10H2,1-2H3. The Bertz CT molecular complexity index is 171. The van der Waals surface area contributed by atoms with Gasteiger partial charge in [0.15, 0.2) is 0 Å². The van der Waals surface area contributed by atoms with Crippen LogP contribution in [0.25, 0.3) is 0 Å². The van der Waals surface area contributed by atoms with Crippen LogP contribution in [0.3, 0.4) is 0 Å². The number of rotatable bonds is 4. The van der Waals surface area contributed by atoms with Gasteiger partial charge in [-0.2, -0.15) is 0 Å². The Hall–Kier alpha value is 1.01. The molecule has 0 amide bonds. The van der Waals surface area contributed by atoms with Crippen molar-refractivity contribution in [3.63, 3.8) is 0 Å². The van der Waals surface area contributed by atoms with E-state index in [1.165, 1.54) is 43.1 Å². The second-order valence-electron chi connectivity index (χ2n) is 4.89. The van der Waals surface area contributed by atoms with Crippen molar-refractivity contribution in [2.45, 2.75) is 63.0 Å². The first-order valence-corrected chi connectivity index (χ1v) is 13.2. The van der Waals surface area contributed by atoms with E-state index in [-0.39, 0.29) is 0 Å². The Morgan fingerprint density at radius 1 is 1.00 bits per heavy atom. The highest BCUT2D eigenvalue weighted by atomic mass is 35.7. The highest BCUT2D eigenvalue weighted by Crippen LogP contribution is 2.44. The van der Waals surface area contributed by atoms with Crippen molar-refractivity contribution in [3.8, 4) is 0 Å². The van der Waals surface area contributed by atoms with Gasteiger partial charge in [-0.05, 0) is 11.7 Å². The van der Waals surface area contributed by atoms with E-state index in [1.807, 2.05) is 0 Å². The average Bonchev–Trinajstić information content (AvgIpc) is 2.02. The molecule has 1 aliphatic rings. The lowest BCUT2D eigenvalue weighted by Gasteiger charge is -2.40. The van der Waals surface area contributed by atoms with Crippen molar-refractivity contribution in [3.05, 3.63) is 0 Å². The van der Waals surface area contributed by atoms with E-state index in [4.69, 9.17) is 22.2 Å². The second-order valence-corrected chi connectivity index (χ2v) is 17.9. The molecule has 4 heteroatoms. The van der Waals surface area contributed by atoms with Crippen LogP contribution in [0.1, 0.15) is 33.1 Å². The Morgan fingerprint density at radius 3 is 2.00 bits per heavy atom. The maximum absolute atomic E-state index is 6.47. The zero-order valence-corrected chi connectivity index (χ0v) is 12.9. The summed E-state index contributed by atoms with van der Waals surface area (Å²) in [6.45, 7) is 2.83. The lowest BCUT2D eigenvalue weighted by Crippen LogP contribution is -2.45. The molecule has 0 bridgehead atoms. The van der Waals surface area contributed by atoms with Crippen LogP contribution in [0, 0.1) is 0 Å². The van der Waals surface area contributed by atoms with Crippen LogP contribution in [0.15, 0.2) is 0 Å². The normalized spacial score (nSPS) is 24.9. The zero-order chi connectivity index (χ0) is 10.7. The van der Waals surface area contributed by atoms with Crippen molar-refractivity contribution in [1.82, 2.24) is 0 Å². The summed E-state index contributed by atoms with van der Waals surface area (Å²) >= 11 is 12.9. The van der Waals surface area contributed by atoms with Gasteiger partial charge in [0.1, 0.15) is 0 Å². The van der Waals surface area contributed by atoms with E-state index >= 15 is 0 Å². The van der Waals surface area contributed by atoms with Gasteiger partial charge in [-0.15, -0.1) is 22.2 Å². The van der Waals surface area contributed by atoms with E-state index in [0.717, 1.165) is 6.04 Å². The van der Waals surface area contributed by atoms with E-state index in [2.05, 4.69) is 13.8 Å². The van der Waals surface area contributed by atoms with Gasteiger partial charge in [0.25, 0.3) is 0 Å². The lowest BCUT2D eigenvalue weighted by atomic mass is 10.5. The summed E-state index contributed by atoms with van der Waals surface area (Å²) in [4.78, 5) is 0. The number of hydrogen-bond donors (Lipinski definition) is 0. The highest BCUT2D eigenvalue weighted by molar-refractivity contribution is 7.48. The molecule has 0 nitrogen and oxygen atoms in total. The monoisotopic (exact) mass is 268 g/mol. The van der Waals surface area contributed by atoms with Crippen molar-refractivity contribution >= 4 is 36.9 Å². The molecule has 0 aromatic rings. The predicted octanol–water partition coefficient (Wildman–Crippen LogP) is 5.12. The molecule has 1 heterocycles. The molecule has 0 radical (unpaired) electrons. The fraction of sp³-hybridized carbons (Fsp3) is 1.00. The fourth-order valence-electron chi connectivity index (χ4n) is 3.06. The van der Waals surface area contributed by atoms with Gasteiger partial charge in [0.2, 0.25) is 6.69 Å². The van der Waals surface area contributed by atoms with E-state index in [0.29, 0.717) is 0 Å². The predicted molar refractivity (Wildman–Crippen MR) is 72.4 cm³/mol. The third-order valence-electron chi connectivity index (χ3n) is 3.44. The van der Waals surface area contributed by atoms with Crippen LogP contribution in [0.2, 0.25) is 29.8 Å². The molecule has 14 heavy (non-hydrogen) atoms. The minimum atomic E-state index is -1.79. The van der Waals surface area contributed by atoms with Crippen LogP contribution in [0.5, 0.6) is 0 Å². The zero-order valence-electron chi connectivity index (χ0n) is 9.41. The summed E-state index contributed by atoms with van der Waals surface area (Å²) in [5.41, 5.74) is 1.28. The summed E-state index contributed by atoms with van der Waals surface area (Å²) in [5.74, 6) is 0. The SMILES string of the molecule is CCC[Si]1(CCC)CCC[Si](Cl)(Cl)C1. The molecule has 0 aromatic heterocycles. The summed E-state index contributed by atoms with van der Waals surface area (Å²) in [7, 11) is -1.02. The molecule has 0 atom stereocenters. The summed E-state index contributed by atoms with van der Waals surface area (Å²) in [6, 6.07) is 5.59. The Labute approximate surface area is 99.8 Å². The molecule has 1 aliphatic heterocycles. The second kappa shape index (κ2) is 5.37. The first kappa shape index (κ1) is 13.1. The number of hydrogen-bond acceptors (Lipinski definition) is 0. The maximum atomic E-state index is 6.47. The van der Waals surface area contributed by atoms with Gasteiger partial charge in [0.05, 0.1) is 8.07 Å². The minimum Gasteiger partial charge on any atom is -0.146 e. The van der Waals surface area contributed by atoms with Crippen molar-refractivity contribution < 1.29 is 0 Å². The molecule has 0 saturated carbocycles. The molecular weight excluding hydrogens is 247 g/mol. The Balaban J connectivity index is 2.65. The van der Waals surface area contributed by atoms with Gasteiger partial charge in [-0.3, -0.25) is 0 Å². The highest BCUT2D eigenvalue weighted by Gasteiger charge is 2.44. The van der Waals surface area contributed by atoms with Crippen LogP contribution in [0.4, 0.5) is 0 Å². The molecule has 0 aromatic carbocycles. The van der Waals surface area contributed by atoms with Gasteiger partial charge >= 0.3 is 0 Å². The molecule has 0 spiro atoms. The molecule has 0 N–H and O–H groups in total. The third-order valence-corrected chi connectivity index (χ3v) is 17.7. The van der Waals surface area contributed by atoms with Crippen LogP contribution >= 0.6 is 22.2 Å². The largest absolute Gasteiger partial charge is 0.248 e. The first-order chi connectivity index (χ1) is 6.54. The van der Waals surface area contributed by atoms with E-state index in [9.17, 15) is 0 Å². The molecule has 1 saturated heterocycles. The van der Waals surface area contributed by atoms with Gasteiger partial charge in [-0.25, -0.2) is 0 Å². The molecule has 84 valence electrons. The molecule has 0 aliphatic carbocycles. The van der Waals surface area contributed by atoms with Crippen molar-refractivity contribution in [2.75, 3.05) is 0 Å². The topological polar surface area (TPSA) is 0 Å². The van der Waals surface area contributed by atoms with Crippen LogP contribution in [-0.4, -0.2) is 14.8 Å². The summed E-state index contributed by atoms with van der Waals surface area (Å²) < 4.78 is 0. The van der Waals surface area contributed by atoms with Crippen LogP contribution in [-0.2, 0) is 0 Å². The Morgan fingerprint density at radius 2 is 1.57 bits per heavy atom. The summed E-state index contributed by atoms with van der Waals surface area (Å²) in [6.07, 6.45) is 4.00. The van der Waals surface area contributed by atoms with E-state index < -0.39 is 14.8 Å². The van der Waals surface area contributed by atoms with Gasteiger partial charge < -0.3 is 0 Å².